The quantitative estimate of drug-likeness (QED) is 0.636. The van der Waals surface area contributed by atoms with Gasteiger partial charge < -0.3 is 9.64 Å². The maximum Gasteiger partial charge on any atom is 0.410 e. The summed E-state index contributed by atoms with van der Waals surface area (Å²) in [6.07, 6.45) is 4.93. The normalized spacial score (nSPS) is 17.5. The highest BCUT2D eigenvalue weighted by atomic mass is 16.6. The molecule has 0 unspecified atom stereocenters. The highest BCUT2D eigenvalue weighted by Crippen LogP contribution is 2.28. The molecule has 142 valence electrons. The standard InChI is InChI=1S/C24H29NO2/c1-18-17-25(23(26)27-24(2,3)4)15-14-21-13-12-20(16-22(18)21)11-10-19-8-6-5-7-9-19/h5-13,16,18H,14-15,17H2,1-4H3/t18-/m1/s1. The number of hydrogen-bond donors (Lipinski definition) is 0. The van der Waals surface area contributed by atoms with Crippen LogP contribution in [0.1, 0.15) is 55.9 Å². The molecule has 0 fully saturated rings. The van der Waals surface area contributed by atoms with Crippen molar-refractivity contribution in [3.05, 3.63) is 70.8 Å². The summed E-state index contributed by atoms with van der Waals surface area (Å²) in [5, 5.41) is 0. The second kappa shape index (κ2) is 7.99. The minimum Gasteiger partial charge on any atom is -0.444 e. The molecule has 1 aliphatic rings. The van der Waals surface area contributed by atoms with Gasteiger partial charge in [-0.3, -0.25) is 0 Å². The fourth-order valence-corrected chi connectivity index (χ4v) is 3.43. The molecule has 1 aliphatic heterocycles. The summed E-state index contributed by atoms with van der Waals surface area (Å²) < 4.78 is 5.57. The first-order valence-electron chi connectivity index (χ1n) is 9.66. The molecular formula is C24H29NO2. The van der Waals surface area contributed by atoms with Gasteiger partial charge in [0, 0.05) is 13.1 Å². The second-order valence-corrected chi connectivity index (χ2v) is 8.28. The maximum atomic E-state index is 12.5. The summed E-state index contributed by atoms with van der Waals surface area (Å²) in [5.41, 5.74) is 4.57. The zero-order valence-corrected chi connectivity index (χ0v) is 16.7. The molecule has 0 radical (unpaired) electrons. The summed E-state index contributed by atoms with van der Waals surface area (Å²) in [6.45, 7) is 9.30. The van der Waals surface area contributed by atoms with Gasteiger partial charge in [-0.1, -0.05) is 67.6 Å². The lowest BCUT2D eigenvalue weighted by Gasteiger charge is -2.27. The zero-order valence-electron chi connectivity index (χ0n) is 16.7. The highest BCUT2D eigenvalue weighted by molar-refractivity contribution is 5.71. The monoisotopic (exact) mass is 363 g/mol. The van der Waals surface area contributed by atoms with Crippen LogP contribution in [0.2, 0.25) is 0 Å². The van der Waals surface area contributed by atoms with Crippen LogP contribution >= 0.6 is 0 Å². The minimum absolute atomic E-state index is 0.216. The molecule has 0 aliphatic carbocycles. The first-order valence-corrected chi connectivity index (χ1v) is 9.66. The first kappa shape index (κ1) is 19.2. The van der Waals surface area contributed by atoms with E-state index in [0.717, 1.165) is 6.42 Å². The summed E-state index contributed by atoms with van der Waals surface area (Å²) in [5.74, 6) is 0.278. The largest absolute Gasteiger partial charge is 0.444 e. The van der Waals surface area contributed by atoms with Gasteiger partial charge in [0.15, 0.2) is 0 Å². The van der Waals surface area contributed by atoms with Gasteiger partial charge in [-0.2, -0.15) is 0 Å². The van der Waals surface area contributed by atoms with E-state index in [1.807, 2.05) is 43.9 Å². The number of hydrogen-bond acceptors (Lipinski definition) is 2. The number of ether oxygens (including phenoxy) is 1. The molecule has 2 aromatic carbocycles. The minimum atomic E-state index is -0.463. The van der Waals surface area contributed by atoms with Gasteiger partial charge in [-0.25, -0.2) is 4.79 Å². The molecule has 0 saturated carbocycles. The molecule has 0 spiro atoms. The van der Waals surface area contributed by atoms with Crippen molar-refractivity contribution in [3.8, 4) is 0 Å². The SMILES string of the molecule is C[C@@H]1CN(C(=O)OC(C)(C)C)CCc2ccc(C=Cc3ccccc3)cc21. The molecule has 0 saturated heterocycles. The Labute approximate surface area is 162 Å². The lowest BCUT2D eigenvalue weighted by molar-refractivity contribution is 0.0248. The van der Waals surface area contributed by atoms with Gasteiger partial charge >= 0.3 is 6.09 Å². The predicted octanol–water partition coefficient (Wildman–Crippen LogP) is 5.75. The third-order valence-electron chi connectivity index (χ3n) is 4.77. The number of nitrogens with zero attached hydrogens (tertiary/aromatic N) is 1. The summed E-state index contributed by atoms with van der Waals surface area (Å²) in [6, 6.07) is 16.9. The van der Waals surface area contributed by atoms with Crippen molar-refractivity contribution in [3.63, 3.8) is 0 Å². The highest BCUT2D eigenvalue weighted by Gasteiger charge is 2.27. The molecule has 3 rings (SSSR count). The molecule has 1 amide bonds. The van der Waals surface area contributed by atoms with Crippen LogP contribution < -0.4 is 0 Å². The Bertz CT molecular complexity index is 818. The average Bonchev–Trinajstić information content (AvgIpc) is 2.79. The smallest absolute Gasteiger partial charge is 0.410 e. The van der Waals surface area contributed by atoms with Crippen LogP contribution in [0.25, 0.3) is 12.2 Å². The first-order chi connectivity index (χ1) is 12.8. The van der Waals surface area contributed by atoms with Gasteiger partial charge in [0.1, 0.15) is 5.60 Å². The van der Waals surface area contributed by atoms with E-state index in [0.29, 0.717) is 13.1 Å². The Hall–Kier alpha value is -2.55. The zero-order chi connectivity index (χ0) is 19.4. The molecule has 27 heavy (non-hydrogen) atoms. The number of carbonyl (C=O) groups is 1. The van der Waals surface area contributed by atoms with E-state index in [1.165, 1.54) is 22.3 Å². The topological polar surface area (TPSA) is 29.5 Å². The van der Waals surface area contributed by atoms with E-state index in [9.17, 15) is 4.79 Å². The van der Waals surface area contributed by atoms with Crippen molar-refractivity contribution < 1.29 is 9.53 Å². The number of amides is 1. The molecule has 3 nitrogen and oxygen atoms in total. The Kier molecular flexibility index (Phi) is 5.69. The van der Waals surface area contributed by atoms with Crippen LogP contribution in [0.4, 0.5) is 4.79 Å². The van der Waals surface area contributed by atoms with Crippen molar-refractivity contribution in [2.24, 2.45) is 0 Å². The summed E-state index contributed by atoms with van der Waals surface area (Å²) in [4.78, 5) is 14.3. The van der Waals surface area contributed by atoms with Crippen molar-refractivity contribution in [2.75, 3.05) is 13.1 Å². The Morgan fingerprint density at radius 3 is 2.48 bits per heavy atom. The van der Waals surface area contributed by atoms with E-state index in [1.54, 1.807) is 0 Å². The Morgan fingerprint density at radius 1 is 1.07 bits per heavy atom. The van der Waals surface area contributed by atoms with Crippen LogP contribution in [0, 0.1) is 0 Å². The second-order valence-electron chi connectivity index (χ2n) is 8.28. The molecule has 0 N–H and O–H groups in total. The predicted molar refractivity (Wildman–Crippen MR) is 112 cm³/mol. The molecule has 3 heteroatoms. The Morgan fingerprint density at radius 2 is 1.78 bits per heavy atom. The number of carbonyl (C=O) groups excluding carboxylic acids is 1. The van der Waals surface area contributed by atoms with Crippen molar-refractivity contribution >= 4 is 18.2 Å². The molecular weight excluding hydrogens is 334 g/mol. The van der Waals surface area contributed by atoms with E-state index >= 15 is 0 Å². The van der Waals surface area contributed by atoms with E-state index < -0.39 is 5.60 Å². The Balaban J connectivity index is 1.76. The van der Waals surface area contributed by atoms with Crippen LogP contribution in [-0.4, -0.2) is 29.7 Å². The van der Waals surface area contributed by atoms with Crippen molar-refractivity contribution in [2.45, 2.75) is 45.6 Å². The molecule has 2 aromatic rings. The molecule has 1 atom stereocenters. The third kappa shape index (κ3) is 5.22. The number of rotatable bonds is 2. The summed E-state index contributed by atoms with van der Waals surface area (Å²) in [7, 11) is 0. The fourth-order valence-electron chi connectivity index (χ4n) is 3.43. The van der Waals surface area contributed by atoms with E-state index in [-0.39, 0.29) is 12.0 Å². The van der Waals surface area contributed by atoms with Crippen molar-refractivity contribution in [1.29, 1.82) is 0 Å². The lowest BCUT2D eigenvalue weighted by Crippen LogP contribution is -2.38. The van der Waals surface area contributed by atoms with Crippen LogP contribution in [0.15, 0.2) is 48.5 Å². The van der Waals surface area contributed by atoms with Gasteiger partial charge in [0.25, 0.3) is 0 Å². The van der Waals surface area contributed by atoms with Gasteiger partial charge in [0.05, 0.1) is 0 Å². The summed E-state index contributed by atoms with van der Waals surface area (Å²) >= 11 is 0. The van der Waals surface area contributed by atoms with Crippen LogP contribution in [0.5, 0.6) is 0 Å². The lowest BCUT2D eigenvalue weighted by atomic mass is 9.93. The molecule has 0 aromatic heterocycles. The van der Waals surface area contributed by atoms with Crippen LogP contribution in [0.3, 0.4) is 0 Å². The van der Waals surface area contributed by atoms with Crippen molar-refractivity contribution in [1.82, 2.24) is 4.90 Å². The number of benzene rings is 2. The van der Waals surface area contributed by atoms with Crippen LogP contribution in [-0.2, 0) is 11.2 Å². The molecule has 1 heterocycles. The van der Waals surface area contributed by atoms with Gasteiger partial charge in [0.2, 0.25) is 0 Å². The molecule has 0 bridgehead atoms. The maximum absolute atomic E-state index is 12.5. The average molecular weight is 364 g/mol. The van der Waals surface area contributed by atoms with E-state index in [4.69, 9.17) is 4.74 Å². The van der Waals surface area contributed by atoms with Gasteiger partial charge in [-0.15, -0.1) is 0 Å². The number of fused-ring (bicyclic) bond motifs is 1. The van der Waals surface area contributed by atoms with Gasteiger partial charge in [-0.05, 0) is 55.4 Å². The third-order valence-corrected chi connectivity index (χ3v) is 4.77. The fraction of sp³-hybridized carbons (Fsp3) is 0.375. The van der Waals surface area contributed by atoms with E-state index in [2.05, 4.69) is 49.4 Å².